The molecular weight excluding hydrogens is 412 g/mol. The Kier molecular flexibility index (Phi) is 7.85. The van der Waals surface area contributed by atoms with Gasteiger partial charge in [0.25, 0.3) is 0 Å². The van der Waals surface area contributed by atoms with Gasteiger partial charge in [0.2, 0.25) is 0 Å². The smallest absolute Gasteiger partial charge is 0.191 e. The van der Waals surface area contributed by atoms with Crippen molar-refractivity contribution >= 4 is 11.6 Å². The van der Waals surface area contributed by atoms with E-state index in [4.69, 9.17) is 9.73 Å². The third-order valence-corrected chi connectivity index (χ3v) is 6.03. The van der Waals surface area contributed by atoms with Gasteiger partial charge in [-0.25, -0.2) is 4.99 Å². The minimum atomic E-state index is 0.561. The van der Waals surface area contributed by atoms with Crippen LogP contribution in [-0.4, -0.2) is 49.0 Å². The summed E-state index contributed by atoms with van der Waals surface area (Å²) in [5, 5.41) is 11.3. The van der Waals surface area contributed by atoms with Crippen LogP contribution in [0.1, 0.15) is 24.5 Å². The van der Waals surface area contributed by atoms with Crippen LogP contribution in [0.2, 0.25) is 0 Å². The Balaban J connectivity index is 1.35. The number of benzene rings is 2. The summed E-state index contributed by atoms with van der Waals surface area (Å²) in [6.07, 6.45) is 4.95. The van der Waals surface area contributed by atoms with Crippen molar-refractivity contribution < 1.29 is 4.74 Å². The highest BCUT2D eigenvalue weighted by Gasteiger charge is 2.24. The second-order valence-electron chi connectivity index (χ2n) is 8.32. The normalized spacial score (nSPS) is 16.1. The number of aromatic nitrogens is 2. The Morgan fingerprint density at radius 2 is 1.91 bits per heavy atom. The van der Waals surface area contributed by atoms with Gasteiger partial charge in [-0.05, 0) is 48.6 Å². The van der Waals surface area contributed by atoms with Crippen LogP contribution >= 0.6 is 0 Å². The van der Waals surface area contributed by atoms with E-state index in [1.807, 2.05) is 35.3 Å². The summed E-state index contributed by atoms with van der Waals surface area (Å²) in [4.78, 5) is 7.29. The second-order valence-corrected chi connectivity index (χ2v) is 8.32. The summed E-state index contributed by atoms with van der Waals surface area (Å²) in [5.41, 5.74) is 3.63. The number of aliphatic imine (C=N–C) groups is 1. The van der Waals surface area contributed by atoms with Gasteiger partial charge in [-0.1, -0.05) is 36.4 Å². The van der Waals surface area contributed by atoms with E-state index in [1.165, 1.54) is 16.8 Å². The monoisotopic (exact) mass is 446 g/mol. The first kappa shape index (κ1) is 22.7. The fraction of sp³-hybridized carbons (Fsp3) is 0.385. The van der Waals surface area contributed by atoms with Crippen LogP contribution in [-0.2, 0) is 13.1 Å². The zero-order valence-electron chi connectivity index (χ0n) is 19.6. The van der Waals surface area contributed by atoms with E-state index in [0.717, 1.165) is 50.9 Å². The summed E-state index contributed by atoms with van der Waals surface area (Å²) >= 11 is 0. The van der Waals surface area contributed by atoms with Crippen LogP contribution in [0.4, 0.5) is 5.69 Å². The van der Waals surface area contributed by atoms with Crippen molar-refractivity contribution in [2.45, 2.75) is 26.4 Å². The summed E-state index contributed by atoms with van der Waals surface area (Å²) in [5.74, 6) is 2.36. The maximum absolute atomic E-state index is 5.55. The van der Waals surface area contributed by atoms with Gasteiger partial charge < -0.3 is 20.3 Å². The standard InChI is InChI=1S/C26H34N6O/c1-3-27-26(29-18-22-9-4-5-10-23(22)20-32-15-8-14-30-32)28-17-21-13-16-31(19-21)24-11-6-7-12-25(24)33-2/h4-12,14-15,21H,3,13,16-20H2,1-2H3,(H2,27,28,29). The molecule has 0 bridgehead atoms. The molecular formula is C26H34N6O. The molecule has 0 aliphatic carbocycles. The Bertz CT molecular complexity index is 1030. The number of guanidine groups is 1. The number of para-hydroxylation sites is 2. The molecule has 0 amide bonds. The molecule has 0 saturated carbocycles. The topological polar surface area (TPSA) is 66.7 Å². The number of nitrogens with zero attached hydrogens (tertiary/aromatic N) is 4. The Morgan fingerprint density at radius 3 is 2.70 bits per heavy atom. The number of hydrogen-bond acceptors (Lipinski definition) is 4. The van der Waals surface area contributed by atoms with E-state index in [-0.39, 0.29) is 0 Å². The quantitative estimate of drug-likeness (QED) is 0.389. The molecule has 2 N–H and O–H groups in total. The molecule has 4 rings (SSSR count). The molecule has 174 valence electrons. The Hall–Kier alpha value is -3.48. The van der Waals surface area contributed by atoms with Crippen LogP contribution in [0, 0.1) is 5.92 Å². The van der Waals surface area contributed by atoms with Crippen molar-refractivity contribution in [3.63, 3.8) is 0 Å². The predicted molar refractivity (Wildman–Crippen MR) is 134 cm³/mol. The predicted octanol–water partition coefficient (Wildman–Crippen LogP) is 3.52. The van der Waals surface area contributed by atoms with Crippen molar-refractivity contribution in [3.8, 4) is 5.75 Å². The highest BCUT2D eigenvalue weighted by molar-refractivity contribution is 5.79. The van der Waals surface area contributed by atoms with Gasteiger partial charge in [-0.2, -0.15) is 5.10 Å². The maximum atomic E-state index is 5.55. The first-order valence-corrected chi connectivity index (χ1v) is 11.7. The fourth-order valence-corrected chi connectivity index (χ4v) is 4.29. The van der Waals surface area contributed by atoms with Crippen molar-refractivity contribution in [2.24, 2.45) is 10.9 Å². The lowest BCUT2D eigenvalue weighted by molar-refractivity contribution is 0.414. The van der Waals surface area contributed by atoms with Crippen LogP contribution in [0.25, 0.3) is 0 Å². The molecule has 1 aromatic heterocycles. The average molecular weight is 447 g/mol. The molecule has 1 atom stereocenters. The number of hydrogen-bond donors (Lipinski definition) is 2. The molecule has 0 radical (unpaired) electrons. The second kappa shape index (κ2) is 11.4. The molecule has 3 aromatic rings. The molecule has 1 aliphatic heterocycles. The largest absolute Gasteiger partial charge is 0.495 e. The summed E-state index contributed by atoms with van der Waals surface area (Å²) in [6, 6.07) is 18.7. The molecule has 1 aliphatic rings. The number of anilines is 1. The first-order chi connectivity index (χ1) is 16.3. The fourth-order valence-electron chi connectivity index (χ4n) is 4.29. The zero-order valence-corrected chi connectivity index (χ0v) is 19.6. The van der Waals surface area contributed by atoms with Crippen molar-refractivity contribution in [1.29, 1.82) is 0 Å². The third kappa shape index (κ3) is 6.06. The van der Waals surface area contributed by atoms with Gasteiger partial charge >= 0.3 is 0 Å². The Morgan fingerprint density at radius 1 is 1.09 bits per heavy atom. The van der Waals surface area contributed by atoms with Crippen molar-refractivity contribution in [3.05, 3.63) is 78.1 Å². The van der Waals surface area contributed by atoms with Gasteiger partial charge in [0.1, 0.15) is 5.75 Å². The summed E-state index contributed by atoms with van der Waals surface area (Å²) in [7, 11) is 1.74. The highest BCUT2D eigenvalue weighted by Crippen LogP contribution is 2.31. The van der Waals surface area contributed by atoms with Gasteiger partial charge in [-0.3, -0.25) is 4.68 Å². The first-order valence-electron chi connectivity index (χ1n) is 11.7. The van der Waals surface area contributed by atoms with E-state index < -0.39 is 0 Å². The van der Waals surface area contributed by atoms with E-state index in [1.54, 1.807) is 7.11 Å². The van der Waals surface area contributed by atoms with E-state index in [9.17, 15) is 0 Å². The minimum absolute atomic E-state index is 0.561. The number of rotatable bonds is 9. The lowest BCUT2D eigenvalue weighted by Crippen LogP contribution is -2.40. The molecule has 2 aromatic carbocycles. The van der Waals surface area contributed by atoms with Crippen LogP contribution in [0.15, 0.2) is 72.0 Å². The molecule has 7 nitrogen and oxygen atoms in total. The van der Waals surface area contributed by atoms with Gasteiger partial charge in [0.05, 0.1) is 25.9 Å². The van der Waals surface area contributed by atoms with Crippen molar-refractivity contribution in [1.82, 2.24) is 20.4 Å². The molecule has 0 spiro atoms. The molecule has 1 fully saturated rings. The maximum Gasteiger partial charge on any atom is 0.191 e. The molecule has 1 unspecified atom stereocenters. The van der Waals surface area contributed by atoms with E-state index >= 15 is 0 Å². The lowest BCUT2D eigenvalue weighted by Gasteiger charge is -2.21. The molecule has 2 heterocycles. The molecule has 1 saturated heterocycles. The zero-order chi connectivity index (χ0) is 22.9. The van der Waals surface area contributed by atoms with E-state index in [0.29, 0.717) is 12.5 Å². The third-order valence-electron chi connectivity index (χ3n) is 6.03. The van der Waals surface area contributed by atoms with Crippen LogP contribution < -0.4 is 20.3 Å². The average Bonchev–Trinajstić information content (AvgIpc) is 3.54. The number of methoxy groups -OCH3 is 1. The van der Waals surface area contributed by atoms with E-state index in [2.05, 4.69) is 64.0 Å². The number of nitrogens with one attached hydrogen (secondary N) is 2. The molecule has 33 heavy (non-hydrogen) atoms. The van der Waals surface area contributed by atoms with Gasteiger partial charge in [0.15, 0.2) is 5.96 Å². The SMILES string of the molecule is CCNC(=NCc1ccccc1Cn1cccn1)NCC1CCN(c2ccccc2OC)C1. The molecule has 7 heteroatoms. The lowest BCUT2D eigenvalue weighted by atomic mass is 10.1. The van der Waals surface area contributed by atoms with Crippen LogP contribution in [0.5, 0.6) is 5.75 Å². The van der Waals surface area contributed by atoms with Crippen molar-refractivity contribution in [2.75, 3.05) is 38.2 Å². The highest BCUT2D eigenvalue weighted by atomic mass is 16.5. The summed E-state index contributed by atoms with van der Waals surface area (Å²) in [6.45, 7) is 7.27. The van der Waals surface area contributed by atoms with Crippen LogP contribution in [0.3, 0.4) is 0 Å². The van der Waals surface area contributed by atoms with Gasteiger partial charge in [-0.15, -0.1) is 0 Å². The summed E-state index contributed by atoms with van der Waals surface area (Å²) < 4.78 is 7.49. The number of ether oxygens (including phenoxy) is 1. The van der Waals surface area contributed by atoms with Gasteiger partial charge in [0, 0.05) is 38.6 Å². The Labute approximate surface area is 196 Å². The minimum Gasteiger partial charge on any atom is -0.495 e.